The third kappa shape index (κ3) is 2.77. The van der Waals surface area contributed by atoms with Crippen LogP contribution in [0, 0.1) is 12.7 Å². The molecule has 1 N–H and O–H groups in total. The molecule has 0 unspecified atom stereocenters. The predicted molar refractivity (Wildman–Crippen MR) is 75.7 cm³/mol. The predicted octanol–water partition coefficient (Wildman–Crippen LogP) is 3.60. The number of carboxylic acid groups (broad SMARTS) is 1. The van der Waals surface area contributed by atoms with Gasteiger partial charge in [-0.05, 0) is 19.1 Å². The number of aromatic carboxylic acids is 1. The summed E-state index contributed by atoms with van der Waals surface area (Å²) in [6.07, 6.45) is 0. The van der Waals surface area contributed by atoms with Gasteiger partial charge >= 0.3 is 5.97 Å². The van der Waals surface area contributed by atoms with E-state index in [0.717, 1.165) is 0 Å². The lowest BCUT2D eigenvalue weighted by Crippen LogP contribution is -2.07. The van der Waals surface area contributed by atoms with Crippen molar-refractivity contribution in [2.75, 3.05) is 7.11 Å². The molecule has 0 aliphatic heterocycles. The average Bonchev–Trinajstić information content (AvgIpc) is 2.42. The van der Waals surface area contributed by atoms with E-state index in [1.807, 2.05) is 0 Å². The highest BCUT2D eigenvalue weighted by Gasteiger charge is 2.21. The number of rotatable bonds is 3. The van der Waals surface area contributed by atoms with Gasteiger partial charge in [-0.3, -0.25) is 0 Å². The Hall–Kier alpha value is -1.92. The van der Waals surface area contributed by atoms with Gasteiger partial charge in [0.1, 0.15) is 0 Å². The van der Waals surface area contributed by atoms with Crippen molar-refractivity contribution >= 4 is 29.2 Å². The van der Waals surface area contributed by atoms with Crippen molar-refractivity contribution in [1.29, 1.82) is 0 Å². The number of hydrogen-bond acceptors (Lipinski definition) is 4. The lowest BCUT2D eigenvalue weighted by molar-refractivity contribution is 0.0690. The van der Waals surface area contributed by atoms with E-state index in [2.05, 4.69) is 9.97 Å². The van der Waals surface area contributed by atoms with E-state index in [0.29, 0.717) is 0 Å². The Kier molecular flexibility index (Phi) is 4.29. The molecule has 0 saturated carbocycles. The zero-order valence-corrected chi connectivity index (χ0v) is 12.5. The maximum Gasteiger partial charge on any atom is 0.356 e. The highest BCUT2D eigenvalue weighted by molar-refractivity contribution is 6.33. The molecule has 0 saturated heterocycles. The summed E-state index contributed by atoms with van der Waals surface area (Å²) in [7, 11) is 1.27. The van der Waals surface area contributed by atoms with Crippen LogP contribution in [0.3, 0.4) is 0 Å². The maximum atomic E-state index is 14.3. The Bertz CT molecular complexity index is 738. The van der Waals surface area contributed by atoms with Crippen molar-refractivity contribution in [3.63, 3.8) is 0 Å². The van der Waals surface area contributed by atoms with Crippen LogP contribution in [0.5, 0.6) is 5.75 Å². The summed E-state index contributed by atoms with van der Waals surface area (Å²) in [5.74, 6) is -2.37. The summed E-state index contributed by atoms with van der Waals surface area (Å²) in [5.41, 5.74) is -0.196. The average molecular weight is 331 g/mol. The van der Waals surface area contributed by atoms with Crippen LogP contribution in [-0.4, -0.2) is 28.2 Å². The molecule has 2 aromatic rings. The Balaban J connectivity index is 2.71. The quantitative estimate of drug-likeness (QED) is 0.930. The van der Waals surface area contributed by atoms with Crippen LogP contribution in [0.25, 0.3) is 11.4 Å². The largest absolute Gasteiger partial charge is 0.492 e. The summed E-state index contributed by atoms with van der Waals surface area (Å²) in [4.78, 5) is 18.9. The summed E-state index contributed by atoms with van der Waals surface area (Å²) in [6.45, 7) is 1.50. The molecule has 110 valence electrons. The maximum absolute atomic E-state index is 14.3. The van der Waals surface area contributed by atoms with Gasteiger partial charge in [-0.2, -0.15) is 0 Å². The fourth-order valence-corrected chi connectivity index (χ4v) is 2.10. The lowest BCUT2D eigenvalue weighted by atomic mass is 10.1. The van der Waals surface area contributed by atoms with Crippen molar-refractivity contribution in [2.45, 2.75) is 6.92 Å². The van der Waals surface area contributed by atoms with Gasteiger partial charge in [0.05, 0.1) is 28.4 Å². The topological polar surface area (TPSA) is 72.3 Å². The molecular weight excluding hydrogens is 322 g/mol. The summed E-state index contributed by atoms with van der Waals surface area (Å²) in [5, 5.41) is 9.06. The molecular formula is C13H9Cl2FN2O3. The summed E-state index contributed by atoms with van der Waals surface area (Å²) in [6, 6.07) is 2.75. The second-order valence-electron chi connectivity index (χ2n) is 4.04. The third-order valence-corrected chi connectivity index (χ3v) is 3.46. The van der Waals surface area contributed by atoms with Gasteiger partial charge in [0.15, 0.2) is 23.1 Å². The number of methoxy groups -OCH3 is 1. The Morgan fingerprint density at radius 3 is 2.57 bits per heavy atom. The third-order valence-electron chi connectivity index (χ3n) is 2.71. The van der Waals surface area contributed by atoms with E-state index in [1.165, 1.54) is 26.2 Å². The number of aromatic nitrogens is 2. The molecule has 0 fully saturated rings. The number of carbonyl (C=O) groups is 1. The van der Waals surface area contributed by atoms with Crippen LogP contribution in [0.1, 0.15) is 16.2 Å². The summed E-state index contributed by atoms with van der Waals surface area (Å²) < 4.78 is 19.2. The molecule has 0 aliphatic rings. The van der Waals surface area contributed by atoms with E-state index in [4.69, 9.17) is 33.0 Å². The van der Waals surface area contributed by atoms with Crippen LogP contribution in [-0.2, 0) is 0 Å². The van der Waals surface area contributed by atoms with E-state index in [9.17, 15) is 9.18 Å². The highest BCUT2D eigenvalue weighted by atomic mass is 35.5. The molecule has 0 amide bonds. The molecule has 0 atom stereocenters. The number of halogens is 3. The van der Waals surface area contributed by atoms with Gasteiger partial charge in [0, 0.05) is 0 Å². The first-order valence-electron chi connectivity index (χ1n) is 5.66. The van der Waals surface area contributed by atoms with Crippen molar-refractivity contribution in [1.82, 2.24) is 9.97 Å². The van der Waals surface area contributed by atoms with Crippen LogP contribution in [0.4, 0.5) is 4.39 Å². The molecule has 1 aromatic heterocycles. The first-order chi connectivity index (χ1) is 9.86. The van der Waals surface area contributed by atoms with Gasteiger partial charge < -0.3 is 9.84 Å². The van der Waals surface area contributed by atoms with Gasteiger partial charge in [-0.15, -0.1) is 0 Å². The molecule has 0 radical (unpaired) electrons. The smallest absolute Gasteiger partial charge is 0.356 e. The van der Waals surface area contributed by atoms with Gasteiger partial charge in [-0.25, -0.2) is 19.2 Å². The fraction of sp³-hybridized carbons (Fsp3) is 0.154. The summed E-state index contributed by atoms with van der Waals surface area (Å²) >= 11 is 11.6. The monoisotopic (exact) mass is 330 g/mol. The molecule has 0 spiro atoms. The van der Waals surface area contributed by atoms with E-state index in [-0.39, 0.29) is 32.9 Å². The number of hydrogen-bond donors (Lipinski definition) is 1. The van der Waals surface area contributed by atoms with Crippen molar-refractivity contribution < 1.29 is 19.0 Å². The zero-order valence-electron chi connectivity index (χ0n) is 10.9. The number of benzene rings is 1. The molecule has 8 heteroatoms. The minimum Gasteiger partial charge on any atom is -0.492 e. The minimum atomic E-state index is -1.33. The van der Waals surface area contributed by atoms with Crippen LogP contribution < -0.4 is 4.74 Å². The normalized spacial score (nSPS) is 10.5. The SMILES string of the molecule is COc1c(Cl)ccc(-c2nc(C)c(Cl)c(C(=O)O)n2)c1F. The number of aryl methyl sites for hydroxylation is 1. The van der Waals surface area contributed by atoms with Crippen LogP contribution in [0.15, 0.2) is 12.1 Å². The van der Waals surface area contributed by atoms with Gasteiger partial charge in [0.25, 0.3) is 0 Å². The van der Waals surface area contributed by atoms with E-state index >= 15 is 0 Å². The molecule has 0 bridgehead atoms. The fourth-order valence-electron chi connectivity index (χ4n) is 1.71. The van der Waals surface area contributed by atoms with Crippen LogP contribution in [0.2, 0.25) is 10.0 Å². The molecule has 1 aromatic carbocycles. The number of ether oxygens (including phenoxy) is 1. The Morgan fingerprint density at radius 1 is 1.33 bits per heavy atom. The Labute approximate surface area is 129 Å². The number of nitrogens with zero attached hydrogens (tertiary/aromatic N) is 2. The van der Waals surface area contributed by atoms with Gasteiger partial charge in [0.2, 0.25) is 0 Å². The molecule has 2 rings (SSSR count). The van der Waals surface area contributed by atoms with Crippen molar-refractivity contribution in [2.24, 2.45) is 0 Å². The lowest BCUT2D eigenvalue weighted by Gasteiger charge is -2.10. The minimum absolute atomic E-state index is 0.0292. The standard InChI is InChI=1S/C13H9Cl2FN2O3/c1-5-8(15)10(13(19)20)18-12(17-5)6-3-4-7(14)11(21-2)9(6)16/h3-4H,1-2H3,(H,19,20). The first kappa shape index (κ1) is 15.5. The molecule has 0 aliphatic carbocycles. The van der Waals surface area contributed by atoms with Gasteiger partial charge in [-0.1, -0.05) is 23.2 Å². The highest BCUT2D eigenvalue weighted by Crippen LogP contribution is 2.34. The molecule has 21 heavy (non-hydrogen) atoms. The second kappa shape index (κ2) is 5.83. The molecule has 1 heterocycles. The Morgan fingerprint density at radius 2 is 2.00 bits per heavy atom. The van der Waals surface area contributed by atoms with E-state index in [1.54, 1.807) is 0 Å². The van der Waals surface area contributed by atoms with Crippen molar-refractivity contribution in [3.8, 4) is 17.1 Å². The van der Waals surface area contributed by atoms with E-state index < -0.39 is 17.5 Å². The zero-order chi connectivity index (χ0) is 15.7. The van der Waals surface area contributed by atoms with Crippen LogP contribution >= 0.6 is 23.2 Å². The molecule has 5 nitrogen and oxygen atoms in total. The number of carboxylic acids is 1. The second-order valence-corrected chi connectivity index (χ2v) is 4.83. The van der Waals surface area contributed by atoms with Crippen molar-refractivity contribution in [3.05, 3.63) is 39.4 Å². The first-order valence-corrected chi connectivity index (χ1v) is 6.42.